The average Bonchev–Trinajstić information content (AvgIpc) is 2.33. The molecule has 6 heteroatoms. The highest BCUT2D eigenvalue weighted by molar-refractivity contribution is 5.53. The number of nitrogens with one attached hydrogen (secondary N) is 2. The maximum absolute atomic E-state index is 12.7. The van der Waals surface area contributed by atoms with Crippen LogP contribution in [-0.2, 0) is 6.18 Å². The minimum absolute atomic E-state index is 0.360. The predicted molar refractivity (Wildman–Crippen MR) is 63.2 cm³/mol. The third kappa shape index (κ3) is 3.93. The van der Waals surface area contributed by atoms with Crippen LogP contribution < -0.4 is 10.6 Å². The Morgan fingerprint density at radius 1 is 1.28 bits per heavy atom. The highest BCUT2D eigenvalue weighted by Crippen LogP contribution is 2.33. The van der Waals surface area contributed by atoms with Gasteiger partial charge in [-0.05, 0) is 24.7 Å². The van der Waals surface area contributed by atoms with Crippen LogP contribution in [0.15, 0.2) is 18.2 Å². The Morgan fingerprint density at radius 2 is 2.00 bits per heavy atom. The van der Waals surface area contributed by atoms with Gasteiger partial charge in [0, 0.05) is 18.8 Å². The van der Waals surface area contributed by atoms with Gasteiger partial charge in [-0.1, -0.05) is 6.92 Å². The van der Waals surface area contributed by atoms with Crippen LogP contribution in [-0.4, -0.2) is 19.6 Å². The van der Waals surface area contributed by atoms with E-state index in [-0.39, 0.29) is 5.56 Å². The Balaban J connectivity index is 2.81. The molecule has 0 unspecified atom stereocenters. The monoisotopic (exact) mass is 257 g/mol. The van der Waals surface area contributed by atoms with Crippen LogP contribution in [0.25, 0.3) is 0 Å². The molecule has 0 spiro atoms. The molecule has 3 nitrogen and oxygen atoms in total. The SMILES string of the molecule is CCNCCNc1ccc(C#N)c(C(F)(F)F)c1. The Labute approximate surface area is 104 Å². The molecule has 1 aromatic carbocycles. The third-order valence-electron chi connectivity index (χ3n) is 2.33. The van der Waals surface area contributed by atoms with Crippen LogP contribution in [0.5, 0.6) is 0 Å². The van der Waals surface area contributed by atoms with Crippen molar-refractivity contribution in [3.63, 3.8) is 0 Å². The van der Waals surface area contributed by atoms with E-state index < -0.39 is 11.7 Å². The summed E-state index contributed by atoms with van der Waals surface area (Å²) >= 11 is 0. The fourth-order valence-corrected chi connectivity index (χ4v) is 1.46. The van der Waals surface area contributed by atoms with Crippen molar-refractivity contribution in [2.24, 2.45) is 0 Å². The Morgan fingerprint density at radius 3 is 2.56 bits per heavy atom. The summed E-state index contributed by atoms with van der Waals surface area (Å²) in [4.78, 5) is 0. The van der Waals surface area contributed by atoms with Crippen molar-refractivity contribution in [1.29, 1.82) is 5.26 Å². The summed E-state index contributed by atoms with van der Waals surface area (Å²) in [5.41, 5.74) is -0.905. The van der Waals surface area contributed by atoms with Gasteiger partial charge in [-0.3, -0.25) is 0 Å². The molecule has 0 atom stereocenters. The minimum atomic E-state index is -4.51. The van der Waals surface area contributed by atoms with Crippen LogP contribution in [0, 0.1) is 11.3 Å². The number of rotatable bonds is 5. The number of benzene rings is 1. The van der Waals surface area contributed by atoms with Crippen molar-refractivity contribution in [3.8, 4) is 6.07 Å². The first-order chi connectivity index (χ1) is 8.49. The first-order valence-corrected chi connectivity index (χ1v) is 5.55. The van der Waals surface area contributed by atoms with E-state index >= 15 is 0 Å². The number of halogens is 3. The quantitative estimate of drug-likeness (QED) is 0.797. The molecule has 0 radical (unpaired) electrons. The summed E-state index contributed by atoms with van der Waals surface area (Å²) in [5.74, 6) is 0. The van der Waals surface area contributed by atoms with Crippen LogP contribution in [0.4, 0.5) is 18.9 Å². The van der Waals surface area contributed by atoms with Gasteiger partial charge in [0.1, 0.15) is 0 Å². The van der Waals surface area contributed by atoms with Gasteiger partial charge >= 0.3 is 6.18 Å². The van der Waals surface area contributed by atoms with Crippen LogP contribution in [0.3, 0.4) is 0 Å². The summed E-state index contributed by atoms with van der Waals surface area (Å²) in [6.07, 6.45) is -4.51. The second-order valence-electron chi connectivity index (χ2n) is 3.65. The summed E-state index contributed by atoms with van der Waals surface area (Å²) in [7, 11) is 0. The average molecular weight is 257 g/mol. The lowest BCUT2D eigenvalue weighted by atomic mass is 10.1. The van der Waals surface area contributed by atoms with Crippen molar-refractivity contribution >= 4 is 5.69 Å². The first-order valence-electron chi connectivity index (χ1n) is 5.55. The molecule has 0 bridgehead atoms. The van der Waals surface area contributed by atoms with Gasteiger partial charge in [0.25, 0.3) is 0 Å². The molecule has 1 aromatic rings. The van der Waals surface area contributed by atoms with E-state index in [1.165, 1.54) is 12.1 Å². The topological polar surface area (TPSA) is 47.8 Å². The lowest BCUT2D eigenvalue weighted by molar-refractivity contribution is -0.137. The highest BCUT2D eigenvalue weighted by atomic mass is 19.4. The van der Waals surface area contributed by atoms with Gasteiger partial charge in [-0.2, -0.15) is 18.4 Å². The maximum atomic E-state index is 12.7. The molecule has 0 aliphatic heterocycles. The Kier molecular flexibility index (Phi) is 4.98. The normalized spacial score (nSPS) is 11.1. The summed E-state index contributed by atoms with van der Waals surface area (Å²) in [5, 5.41) is 14.6. The zero-order chi connectivity index (χ0) is 13.6. The summed E-state index contributed by atoms with van der Waals surface area (Å²) in [6.45, 7) is 3.95. The molecule has 98 valence electrons. The van der Waals surface area contributed by atoms with Gasteiger partial charge < -0.3 is 10.6 Å². The fraction of sp³-hybridized carbons (Fsp3) is 0.417. The van der Waals surface area contributed by atoms with E-state index in [9.17, 15) is 13.2 Å². The van der Waals surface area contributed by atoms with Gasteiger partial charge in [-0.15, -0.1) is 0 Å². The Bertz CT molecular complexity index is 435. The molecule has 1 rings (SSSR count). The lowest BCUT2D eigenvalue weighted by Crippen LogP contribution is -2.21. The molecular weight excluding hydrogens is 243 g/mol. The number of alkyl halides is 3. The Hall–Kier alpha value is -1.74. The molecule has 18 heavy (non-hydrogen) atoms. The maximum Gasteiger partial charge on any atom is 0.417 e. The standard InChI is InChI=1S/C12H14F3N3/c1-2-17-5-6-18-10-4-3-9(8-16)11(7-10)12(13,14)15/h3-4,7,17-18H,2,5-6H2,1H3. The van der Waals surface area contributed by atoms with Gasteiger partial charge in [0.2, 0.25) is 0 Å². The van der Waals surface area contributed by atoms with Crippen molar-refractivity contribution in [3.05, 3.63) is 29.3 Å². The van der Waals surface area contributed by atoms with Gasteiger partial charge in [0.05, 0.1) is 17.2 Å². The minimum Gasteiger partial charge on any atom is -0.384 e. The number of nitriles is 1. The number of anilines is 1. The smallest absolute Gasteiger partial charge is 0.384 e. The molecule has 0 amide bonds. The van der Waals surface area contributed by atoms with E-state index in [4.69, 9.17) is 5.26 Å². The number of likely N-dealkylation sites (N-methyl/N-ethyl adjacent to an activating group) is 1. The summed E-state index contributed by atoms with van der Waals surface area (Å²) < 4.78 is 38.0. The van der Waals surface area contributed by atoms with Crippen LogP contribution in [0.1, 0.15) is 18.1 Å². The molecule has 0 aromatic heterocycles. The summed E-state index contributed by atoms with van der Waals surface area (Å²) in [6, 6.07) is 5.16. The van der Waals surface area contributed by atoms with Gasteiger partial charge in [0.15, 0.2) is 0 Å². The van der Waals surface area contributed by atoms with Crippen LogP contribution in [0.2, 0.25) is 0 Å². The van der Waals surface area contributed by atoms with Crippen molar-refractivity contribution in [2.45, 2.75) is 13.1 Å². The third-order valence-corrected chi connectivity index (χ3v) is 2.33. The largest absolute Gasteiger partial charge is 0.417 e. The van der Waals surface area contributed by atoms with E-state index in [0.717, 1.165) is 12.6 Å². The second-order valence-corrected chi connectivity index (χ2v) is 3.65. The van der Waals surface area contributed by atoms with E-state index in [1.807, 2.05) is 6.92 Å². The predicted octanol–water partition coefficient (Wildman–Crippen LogP) is 2.60. The van der Waals surface area contributed by atoms with E-state index in [1.54, 1.807) is 6.07 Å². The van der Waals surface area contributed by atoms with Crippen LogP contribution >= 0.6 is 0 Å². The zero-order valence-corrected chi connectivity index (χ0v) is 9.93. The molecule has 0 fully saturated rings. The van der Waals surface area contributed by atoms with Crippen molar-refractivity contribution in [2.75, 3.05) is 25.0 Å². The van der Waals surface area contributed by atoms with Crippen molar-refractivity contribution < 1.29 is 13.2 Å². The lowest BCUT2D eigenvalue weighted by Gasteiger charge is -2.12. The first kappa shape index (κ1) is 14.3. The molecule has 0 aliphatic carbocycles. The van der Waals surface area contributed by atoms with Gasteiger partial charge in [-0.25, -0.2) is 0 Å². The highest BCUT2D eigenvalue weighted by Gasteiger charge is 2.33. The molecule has 0 heterocycles. The number of nitrogens with zero attached hydrogens (tertiary/aromatic N) is 1. The molecule has 0 saturated heterocycles. The fourth-order valence-electron chi connectivity index (χ4n) is 1.46. The molecule has 0 saturated carbocycles. The van der Waals surface area contributed by atoms with Crippen molar-refractivity contribution in [1.82, 2.24) is 5.32 Å². The molecule has 0 aliphatic rings. The molecular formula is C12H14F3N3. The number of hydrogen-bond donors (Lipinski definition) is 2. The van der Waals surface area contributed by atoms with E-state index in [2.05, 4.69) is 10.6 Å². The molecule has 2 N–H and O–H groups in total. The number of hydrogen-bond acceptors (Lipinski definition) is 3. The zero-order valence-electron chi connectivity index (χ0n) is 9.93. The van der Waals surface area contributed by atoms with E-state index in [0.29, 0.717) is 18.8 Å². The second kappa shape index (κ2) is 6.26.